The van der Waals surface area contributed by atoms with Gasteiger partial charge >= 0.3 is 11.9 Å². The van der Waals surface area contributed by atoms with E-state index in [4.69, 9.17) is 26.8 Å². The van der Waals surface area contributed by atoms with Crippen LogP contribution in [0.2, 0.25) is 0 Å². The summed E-state index contributed by atoms with van der Waals surface area (Å²) >= 11 is 10.8. The lowest BCUT2D eigenvalue weighted by Gasteiger charge is -2.24. The summed E-state index contributed by atoms with van der Waals surface area (Å²) in [7, 11) is 0. The van der Waals surface area contributed by atoms with Crippen LogP contribution < -0.4 is 8.85 Å². The summed E-state index contributed by atoms with van der Waals surface area (Å²) in [6.45, 7) is 1.73. The van der Waals surface area contributed by atoms with Gasteiger partial charge < -0.3 is 15.2 Å². The van der Waals surface area contributed by atoms with Gasteiger partial charge in [-0.15, -0.1) is 0 Å². The number of amides is 2. The Hall–Kier alpha value is -0.750. The Morgan fingerprint density at radius 2 is 1.71 bits per heavy atom. The highest BCUT2D eigenvalue weighted by atomic mass is 127. The number of ether oxygens (including phenoxy) is 2. The van der Waals surface area contributed by atoms with Gasteiger partial charge in [0.25, 0.3) is 11.1 Å². The summed E-state index contributed by atoms with van der Waals surface area (Å²) in [5.41, 5.74) is 5.47. The lowest BCUT2D eigenvalue weighted by molar-refractivity contribution is -0.160. The first-order valence-electron chi connectivity index (χ1n) is 7.20. The van der Waals surface area contributed by atoms with E-state index in [0.717, 1.165) is 17.0 Å². The number of benzene rings is 1. The van der Waals surface area contributed by atoms with Gasteiger partial charge in [-0.05, 0) is 62.8 Å². The van der Waals surface area contributed by atoms with Gasteiger partial charge in [-0.3, -0.25) is 24.0 Å². The summed E-state index contributed by atoms with van der Waals surface area (Å²) in [6, 6.07) is 1.32. The van der Waals surface area contributed by atoms with Crippen molar-refractivity contribution in [3.05, 3.63) is 24.3 Å². The standard InChI is InChI=1S/C15H12ClI3N2O7/c1-5(22)27-4-9(28-6(2)23)15(26)21(19)8-3-7(14(20)25)11(17)10(12(8)18)13(16)24/h3,9H,4H2,1-2H3,(H2,20,25). The Bertz CT molecular complexity index is 863. The number of esters is 2. The van der Waals surface area contributed by atoms with Crippen LogP contribution in [0.1, 0.15) is 34.6 Å². The fraction of sp³-hybridized carbons (Fsp3) is 0.267. The van der Waals surface area contributed by atoms with Crippen LogP contribution in [0.5, 0.6) is 0 Å². The maximum absolute atomic E-state index is 12.8. The molecule has 0 aromatic heterocycles. The van der Waals surface area contributed by atoms with Crippen molar-refractivity contribution in [1.29, 1.82) is 0 Å². The minimum Gasteiger partial charge on any atom is -0.461 e. The monoisotopic (exact) mass is 748 g/mol. The molecule has 1 aromatic carbocycles. The third-order valence-electron chi connectivity index (χ3n) is 3.07. The molecule has 0 aliphatic heterocycles. The van der Waals surface area contributed by atoms with Crippen molar-refractivity contribution in [2.45, 2.75) is 20.0 Å². The molecule has 1 aromatic rings. The topological polar surface area (TPSA) is 133 Å². The van der Waals surface area contributed by atoms with E-state index in [1.807, 2.05) is 0 Å². The summed E-state index contributed by atoms with van der Waals surface area (Å²) in [5.74, 6) is -3.02. The van der Waals surface area contributed by atoms with Crippen LogP contribution >= 0.6 is 79.6 Å². The molecule has 9 nitrogen and oxygen atoms in total. The molecule has 0 saturated carbocycles. The van der Waals surface area contributed by atoms with E-state index in [1.54, 1.807) is 68.0 Å². The first-order valence-corrected chi connectivity index (χ1v) is 10.7. The van der Waals surface area contributed by atoms with E-state index in [9.17, 15) is 24.0 Å². The number of hydrogen-bond donors (Lipinski definition) is 1. The third kappa shape index (κ3) is 6.38. The maximum Gasteiger partial charge on any atom is 0.303 e. The molecule has 2 N–H and O–H groups in total. The molecule has 0 aliphatic rings. The zero-order valence-electron chi connectivity index (χ0n) is 14.3. The minimum absolute atomic E-state index is 0.00709. The molecule has 0 saturated heterocycles. The second kappa shape index (κ2) is 10.9. The number of carbonyl (C=O) groups excluding carboxylic acids is 5. The van der Waals surface area contributed by atoms with Crippen LogP contribution in [0.4, 0.5) is 5.69 Å². The second-order valence-corrected chi connectivity index (χ2v) is 8.57. The van der Waals surface area contributed by atoms with Crippen LogP contribution in [-0.4, -0.2) is 41.7 Å². The quantitative estimate of drug-likeness (QED) is 0.196. The van der Waals surface area contributed by atoms with E-state index < -0.39 is 41.7 Å². The Morgan fingerprint density at radius 3 is 2.14 bits per heavy atom. The molecule has 0 radical (unpaired) electrons. The molecule has 1 unspecified atom stereocenters. The summed E-state index contributed by atoms with van der Waals surface area (Å²) < 4.78 is 11.2. The van der Waals surface area contributed by atoms with Crippen LogP contribution in [0.15, 0.2) is 6.07 Å². The van der Waals surface area contributed by atoms with Crippen molar-refractivity contribution >= 4 is 114 Å². The van der Waals surface area contributed by atoms with Crippen molar-refractivity contribution in [3.63, 3.8) is 0 Å². The lowest BCUT2D eigenvalue weighted by atomic mass is 10.1. The van der Waals surface area contributed by atoms with Crippen molar-refractivity contribution in [2.24, 2.45) is 5.73 Å². The Morgan fingerprint density at radius 1 is 1.14 bits per heavy atom. The van der Waals surface area contributed by atoms with Crippen LogP contribution in [0.25, 0.3) is 0 Å². The smallest absolute Gasteiger partial charge is 0.303 e. The van der Waals surface area contributed by atoms with Crippen LogP contribution in [0.3, 0.4) is 0 Å². The van der Waals surface area contributed by atoms with Gasteiger partial charge in [-0.2, -0.15) is 0 Å². The predicted molar refractivity (Wildman–Crippen MR) is 124 cm³/mol. The number of nitrogens with two attached hydrogens (primary N) is 1. The van der Waals surface area contributed by atoms with Crippen molar-refractivity contribution < 1.29 is 33.4 Å². The normalized spacial score (nSPS) is 11.4. The Balaban J connectivity index is 3.45. The summed E-state index contributed by atoms with van der Waals surface area (Å²) in [4.78, 5) is 58.7. The van der Waals surface area contributed by atoms with Crippen LogP contribution in [0, 0.1) is 7.14 Å². The highest BCUT2D eigenvalue weighted by molar-refractivity contribution is 14.1. The zero-order chi connectivity index (χ0) is 21.8. The SMILES string of the molecule is CC(=O)OCC(OC(C)=O)C(=O)N(I)c1cc(C(N)=O)c(I)c(C(=O)Cl)c1I. The van der Waals surface area contributed by atoms with Gasteiger partial charge in [-0.1, -0.05) is 0 Å². The van der Waals surface area contributed by atoms with Gasteiger partial charge in [0.2, 0.25) is 12.0 Å². The number of nitrogens with zero attached hydrogens (tertiary/aromatic N) is 1. The summed E-state index contributed by atoms with van der Waals surface area (Å²) in [6.07, 6.45) is -1.43. The van der Waals surface area contributed by atoms with Gasteiger partial charge in [0, 0.05) is 17.4 Å². The molecule has 0 aliphatic carbocycles. The average molecular weight is 748 g/mol. The number of rotatable bonds is 7. The van der Waals surface area contributed by atoms with Crippen molar-refractivity contribution in [3.8, 4) is 0 Å². The molecule has 0 fully saturated rings. The third-order valence-corrected chi connectivity index (χ3v) is 6.47. The first kappa shape index (κ1) is 25.3. The molecule has 2 amide bonds. The molecule has 0 heterocycles. The Labute approximate surface area is 205 Å². The first-order chi connectivity index (χ1) is 12.9. The van der Waals surface area contributed by atoms with Crippen molar-refractivity contribution in [1.82, 2.24) is 0 Å². The van der Waals surface area contributed by atoms with E-state index in [0.29, 0.717) is 0 Å². The molecular weight excluding hydrogens is 736 g/mol. The highest BCUT2D eigenvalue weighted by Crippen LogP contribution is 2.35. The van der Waals surface area contributed by atoms with E-state index in [2.05, 4.69) is 0 Å². The van der Waals surface area contributed by atoms with Crippen LogP contribution in [-0.2, 0) is 23.9 Å². The van der Waals surface area contributed by atoms with E-state index >= 15 is 0 Å². The fourth-order valence-electron chi connectivity index (χ4n) is 1.91. The lowest BCUT2D eigenvalue weighted by Crippen LogP contribution is -2.40. The molecule has 152 valence electrons. The predicted octanol–water partition coefficient (Wildman–Crippen LogP) is 2.55. The average Bonchev–Trinajstić information content (AvgIpc) is 2.56. The number of carbonyl (C=O) groups is 5. The van der Waals surface area contributed by atoms with Gasteiger partial charge in [0.15, 0.2) is 0 Å². The van der Waals surface area contributed by atoms with E-state index in [1.165, 1.54) is 6.07 Å². The largest absolute Gasteiger partial charge is 0.461 e. The van der Waals surface area contributed by atoms with E-state index in [-0.39, 0.29) is 24.0 Å². The molecule has 1 rings (SSSR count). The molecule has 13 heteroatoms. The number of anilines is 1. The van der Waals surface area contributed by atoms with Gasteiger partial charge in [0.05, 0.1) is 43.2 Å². The molecule has 0 spiro atoms. The number of primary amides is 1. The highest BCUT2D eigenvalue weighted by Gasteiger charge is 2.32. The number of hydrogen-bond acceptors (Lipinski definition) is 7. The molecule has 0 bridgehead atoms. The van der Waals surface area contributed by atoms with Gasteiger partial charge in [0.1, 0.15) is 6.61 Å². The number of halogens is 4. The molecular formula is C15H12ClI3N2O7. The minimum atomic E-state index is -1.43. The Kier molecular flexibility index (Phi) is 9.81. The zero-order valence-corrected chi connectivity index (χ0v) is 21.5. The fourth-order valence-corrected chi connectivity index (χ4v) is 5.94. The molecule has 28 heavy (non-hydrogen) atoms. The maximum atomic E-state index is 12.8. The van der Waals surface area contributed by atoms with Crippen molar-refractivity contribution in [2.75, 3.05) is 9.72 Å². The summed E-state index contributed by atoms with van der Waals surface area (Å²) in [5, 5.41) is -0.841. The van der Waals surface area contributed by atoms with Gasteiger partial charge in [-0.25, -0.2) is 3.11 Å². The molecule has 1 atom stereocenters. The second-order valence-electron chi connectivity index (χ2n) is 5.10.